The van der Waals surface area contributed by atoms with Gasteiger partial charge in [0.1, 0.15) is 23.8 Å². The first-order valence-corrected chi connectivity index (χ1v) is 9.67. The molecule has 144 valence electrons. The van der Waals surface area contributed by atoms with E-state index in [0.29, 0.717) is 16.5 Å². The minimum absolute atomic E-state index is 0.0766. The predicted molar refractivity (Wildman–Crippen MR) is 101 cm³/mol. The van der Waals surface area contributed by atoms with Crippen molar-refractivity contribution in [3.8, 4) is 0 Å². The van der Waals surface area contributed by atoms with E-state index in [0.717, 1.165) is 12.1 Å². The van der Waals surface area contributed by atoms with Gasteiger partial charge in [-0.3, -0.25) is 9.59 Å². The largest absolute Gasteiger partial charge is 0.463 e. The van der Waals surface area contributed by atoms with Crippen LogP contribution in [0.5, 0.6) is 0 Å². The molecule has 1 N–H and O–H groups in total. The van der Waals surface area contributed by atoms with Crippen LogP contribution in [0.4, 0.5) is 8.78 Å². The molecule has 0 aliphatic carbocycles. The highest BCUT2D eigenvalue weighted by Gasteiger charge is 2.50. The second kappa shape index (κ2) is 7.35. The van der Waals surface area contributed by atoms with Crippen LogP contribution in [0.2, 0.25) is 0 Å². The first kappa shape index (κ1) is 18.6. The Kier molecular flexibility index (Phi) is 4.89. The molecule has 4 rings (SSSR count). The van der Waals surface area contributed by atoms with Crippen LogP contribution in [0, 0.1) is 17.6 Å². The van der Waals surface area contributed by atoms with Crippen LogP contribution in [0.1, 0.15) is 22.3 Å². The molecule has 28 heavy (non-hydrogen) atoms. The van der Waals surface area contributed by atoms with E-state index in [1.54, 1.807) is 30.3 Å². The number of thioether (sulfide) groups is 1. The number of amidine groups is 1. The zero-order chi connectivity index (χ0) is 19.7. The van der Waals surface area contributed by atoms with E-state index in [1.807, 2.05) is 0 Å². The number of amides is 1. The second-order valence-electron chi connectivity index (χ2n) is 6.66. The molecular formula is C20H16F2N2O3S. The molecule has 1 saturated heterocycles. The van der Waals surface area contributed by atoms with Crippen molar-refractivity contribution >= 4 is 28.8 Å². The molecule has 0 unspecified atom stereocenters. The summed E-state index contributed by atoms with van der Waals surface area (Å²) < 4.78 is 33.2. The molecule has 1 amide bonds. The van der Waals surface area contributed by atoms with E-state index in [1.165, 1.54) is 17.8 Å². The van der Waals surface area contributed by atoms with Gasteiger partial charge in [-0.25, -0.2) is 13.8 Å². The second-order valence-corrected chi connectivity index (χ2v) is 7.67. The molecule has 0 radical (unpaired) electrons. The fourth-order valence-corrected chi connectivity index (χ4v) is 4.62. The third-order valence-corrected chi connectivity index (χ3v) is 5.95. The summed E-state index contributed by atoms with van der Waals surface area (Å²) in [6.07, 6.45) is 0.0766. The Balaban J connectivity index is 1.72. The number of nitrogens with zero attached hydrogens (tertiary/aromatic N) is 1. The van der Waals surface area contributed by atoms with Gasteiger partial charge in [-0.1, -0.05) is 36.0 Å². The van der Waals surface area contributed by atoms with E-state index in [9.17, 15) is 18.4 Å². The Morgan fingerprint density at radius 3 is 2.75 bits per heavy atom. The first-order valence-electron chi connectivity index (χ1n) is 8.68. The summed E-state index contributed by atoms with van der Waals surface area (Å²) in [6, 6.07) is 11.9. The van der Waals surface area contributed by atoms with Crippen LogP contribution < -0.4 is 5.32 Å². The molecule has 2 aliphatic heterocycles. The van der Waals surface area contributed by atoms with Crippen molar-refractivity contribution in [1.82, 2.24) is 5.32 Å². The first-order chi connectivity index (χ1) is 13.5. The molecule has 2 aromatic rings. The molecule has 0 bridgehead atoms. The van der Waals surface area contributed by atoms with Gasteiger partial charge >= 0.3 is 5.97 Å². The smallest absolute Gasteiger partial charge is 0.306 e. The van der Waals surface area contributed by atoms with Crippen LogP contribution in [0.15, 0.2) is 53.5 Å². The van der Waals surface area contributed by atoms with Crippen molar-refractivity contribution in [2.75, 3.05) is 12.4 Å². The molecule has 2 atom stereocenters. The van der Waals surface area contributed by atoms with Gasteiger partial charge < -0.3 is 10.1 Å². The molecular weight excluding hydrogens is 386 g/mol. The highest BCUT2D eigenvalue weighted by atomic mass is 32.2. The average Bonchev–Trinajstić information content (AvgIpc) is 2.69. The van der Waals surface area contributed by atoms with Gasteiger partial charge in [-0.2, -0.15) is 0 Å². The van der Waals surface area contributed by atoms with Gasteiger partial charge in [0.25, 0.3) is 5.91 Å². The van der Waals surface area contributed by atoms with E-state index in [4.69, 9.17) is 4.74 Å². The summed E-state index contributed by atoms with van der Waals surface area (Å²) in [5.41, 5.74) is -0.584. The zero-order valence-corrected chi connectivity index (χ0v) is 15.5. The normalized spacial score (nSPS) is 24.0. The molecule has 0 aromatic heterocycles. The Labute approximate surface area is 164 Å². The monoisotopic (exact) mass is 402 g/mol. The number of esters is 1. The summed E-state index contributed by atoms with van der Waals surface area (Å²) in [5, 5.41) is 3.05. The van der Waals surface area contributed by atoms with Crippen LogP contribution >= 0.6 is 11.8 Å². The van der Waals surface area contributed by atoms with E-state index in [2.05, 4.69) is 10.3 Å². The Hall–Kier alpha value is -2.74. The number of hydrogen-bond acceptors (Lipinski definition) is 5. The Bertz CT molecular complexity index is 967. The van der Waals surface area contributed by atoms with Gasteiger partial charge in [0.15, 0.2) is 5.17 Å². The SMILES string of the molecule is O=C1C[C@H]2CSC(NC(=O)c3ccccc3)=N[C@@]2(c2ccc(F)cc2F)CO1. The molecule has 2 heterocycles. The third kappa shape index (κ3) is 3.40. The lowest BCUT2D eigenvalue weighted by Crippen LogP contribution is -2.50. The number of cyclic esters (lactones) is 1. The number of nitrogens with one attached hydrogen (secondary N) is 1. The maximum atomic E-state index is 14.6. The van der Waals surface area contributed by atoms with Crippen LogP contribution in [0.25, 0.3) is 0 Å². The molecule has 2 aromatic carbocycles. The lowest BCUT2D eigenvalue weighted by molar-refractivity contribution is -0.154. The van der Waals surface area contributed by atoms with E-state index >= 15 is 0 Å². The summed E-state index contributed by atoms with van der Waals surface area (Å²) in [4.78, 5) is 28.8. The molecule has 5 nitrogen and oxygen atoms in total. The Morgan fingerprint density at radius 2 is 2.00 bits per heavy atom. The molecule has 0 saturated carbocycles. The fraction of sp³-hybridized carbons (Fsp3) is 0.250. The van der Waals surface area contributed by atoms with Gasteiger partial charge in [-0.05, 0) is 18.2 Å². The maximum absolute atomic E-state index is 14.6. The molecule has 0 spiro atoms. The number of carbonyl (C=O) groups excluding carboxylic acids is 2. The highest BCUT2D eigenvalue weighted by Crippen LogP contribution is 2.45. The van der Waals surface area contributed by atoms with E-state index in [-0.39, 0.29) is 36.4 Å². The Morgan fingerprint density at radius 1 is 1.21 bits per heavy atom. The van der Waals surface area contributed by atoms with Crippen molar-refractivity contribution in [1.29, 1.82) is 0 Å². The number of carbonyl (C=O) groups is 2. The predicted octanol–water partition coefficient (Wildman–Crippen LogP) is 3.26. The lowest BCUT2D eigenvalue weighted by Gasteiger charge is -2.43. The van der Waals surface area contributed by atoms with Gasteiger partial charge in [-0.15, -0.1) is 0 Å². The van der Waals surface area contributed by atoms with Crippen molar-refractivity contribution in [2.45, 2.75) is 12.0 Å². The van der Waals surface area contributed by atoms with Crippen molar-refractivity contribution in [3.63, 3.8) is 0 Å². The third-order valence-electron chi connectivity index (χ3n) is 4.92. The highest BCUT2D eigenvalue weighted by molar-refractivity contribution is 8.13. The minimum Gasteiger partial charge on any atom is -0.463 e. The number of rotatable bonds is 2. The number of hydrogen-bond donors (Lipinski definition) is 1. The van der Waals surface area contributed by atoms with Crippen LogP contribution in [-0.2, 0) is 15.1 Å². The zero-order valence-electron chi connectivity index (χ0n) is 14.7. The summed E-state index contributed by atoms with van der Waals surface area (Å²) in [5.74, 6) is -2.06. The fourth-order valence-electron chi connectivity index (χ4n) is 3.47. The van der Waals surface area contributed by atoms with Crippen LogP contribution in [-0.4, -0.2) is 29.4 Å². The van der Waals surface area contributed by atoms with Crippen LogP contribution in [0.3, 0.4) is 0 Å². The van der Waals surface area contributed by atoms with Crippen molar-refractivity contribution in [2.24, 2.45) is 10.9 Å². The van der Waals surface area contributed by atoms with Gasteiger partial charge in [0, 0.05) is 28.9 Å². The van der Waals surface area contributed by atoms with Gasteiger partial charge in [0.05, 0.1) is 6.42 Å². The average molecular weight is 402 g/mol. The standard InChI is InChI=1S/C20H16F2N2O3S/c21-14-6-7-15(16(22)9-14)20-11-27-17(25)8-13(20)10-28-19(24-20)23-18(26)12-4-2-1-3-5-12/h1-7,9,13H,8,10-11H2,(H,23,24,26)/t13-,20-/m0/s1. The summed E-state index contributed by atoms with van der Waals surface area (Å²) >= 11 is 1.29. The summed E-state index contributed by atoms with van der Waals surface area (Å²) in [6.45, 7) is -0.162. The minimum atomic E-state index is -1.20. The molecule has 8 heteroatoms. The maximum Gasteiger partial charge on any atom is 0.306 e. The lowest BCUT2D eigenvalue weighted by atomic mass is 9.76. The number of ether oxygens (including phenoxy) is 1. The molecule has 2 aliphatic rings. The van der Waals surface area contributed by atoms with E-state index < -0.39 is 17.2 Å². The topological polar surface area (TPSA) is 67.8 Å². The number of fused-ring (bicyclic) bond motifs is 1. The summed E-state index contributed by atoms with van der Waals surface area (Å²) in [7, 11) is 0. The van der Waals surface area contributed by atoms with Crippen molar-refractivity contribution in [3.05, 3.63) is 71.3 Å². The number of aliphatic imine (C=N–C) groups is 1. The number of benzene rings is 2. The molecule has 1 fully saturated rings. The number of halogens is 2. The van der Waals surface area contributed by atoms with Gasteiger partial charge in [0.2, 0.25) is 0 Å². The quantitative estimate of drug-likeness (QED) is 0.783. The van der Waals surface area contributed by atoms with Crippen molar-refractivity contribution < 1.29 is 23.1 Å².